The zero-order valence-electron chi connectivity index (χ0n) is 11.0. The Morgan fingerprint density at radius 1 is 1.16 bits per heavy atom. The fraction of sp³-hybridized carbons (Fsp3) is 0.312. The maximum absolute atomic E-state index is 11.2. The predicted molar refractivity (Wildman–Crippen MR) is 77.4 cm³/mol. The summed E-state index contributed by atoms with van der Waals surface area (Å²) in [6.45, 7) is 4.08. The standard InChI is InChI=1S/C16H16O2S/c1-16(2)13(14(16)15(17)18)12-9-8-11(19-12)10-6-4-3-5-7-10/h3-9,13-14H,1-2H3,(H,17,18). The lowest BCUT2D eigenvalue weighted by Crippen LogP contribution is -2.02. The Balaban J connectivity index is 1.90. The van der Waals surface area contributed by atoms with Crippen molar-refractivity contribution >= 4 is 17.3 Å². The van der Waals surface area contributed by atoms with E-state index in [1.54, 1.807) is 11.3 Å². The molecule has 2 unspecified atom stereocenters. The van der Waals surface area contributed by atoms with Gasteiger partial charge in [-0.3, -0.25) is 4.79 Å². The third kappa shape index (κ3) is 1.98. The van der Waals surface area contributed by atoms with Crippen LogP contribution in [0.4, 0.5) is 0 Å². The zero-order chi connectivity index (χ0) is 13.6. The lowest BCUT2D eigenvalue weighted by Gasteiger charge is -1.99. The molecule has 1 N–H and O–H groups in total. The molecule has 0 radical (unpaired) electrons. The van der Waals surface area contributed by atoms with Crippen LogP contribution in [0.25, 0.3) is 10.4 Å². The van der Waals surface area contributed by atoms with Crippen molar-refractivity contribution in [2.24, 2.45) is 11.3 Å². The lowest BCUT2D eigenvalue weighted by molar-refractivity contribution is -0.139. The Labute approximate surface area is 116 Å². The van der Waals surface area contributed by atoms with Crippen LogP contribution >= 0.6 is 11.3 Å². The smallest absolute Gasteiger partial charge is 0.307 e. The van der Waals surface area contributed by atoms with Crippen molar-refractivity contribution in [1.29, 1.82) is 0 Å². The van der Waals surface area contributed by atoms with Crippen LogP contribution in [-0.2, 0) is 4.79 Å². The van der Waals surface area contributed by atoms with E-state index in [1.807, 2.05) is 32.0 Å². The highest BCUT2D eigenvalue weighted by molar-refractivity contribution is 7.15. The number of aliphatic carboxylic acids is 1. The van der Waals surface area contributed by atoms with Crippen LogP contribution < -0.4 is 0 Å². The van der Waals surface area contributed by atoms with Gasteiger partial charge in [0.2, 0.25) is 0 Å². The number of rotatable bonds is 3. The summed E-state index contributed by atoms with van der Waals surface area (Å²) in [5.41, 5.74) is 1.08. The quantitative estimate of drug-likeness (QED) is 0.907. The molecule has 1 heterocycles. The van der Waals surface area contributed by atoms with E-state index in [0.29, 0.717) is 0 Å². The van der Waals surface area contributed by atoms with Crippen molar-refractivity contribution in [3.63, 3.8) is 0 Å². The highest BCUT2D eigenvalue weighted by Gasteiger charge is 2.63. The molecule has 1 aromatic heterocycles. The lowest BCUT2D eigenvalue weighted by atomic mass is 10.1. The first-order chi connectivity index (χ1) is 9.01. The van der Waals surface area contributed by atoms with E-state index in [-0.39, 0.29) is 17.3 Å². The molecule has 1 saturated carbocycles. The summed E-state index contributed by atoms with van der Waals surface area (Å²) < 4.78 is 0. The summed E-state index contributed by atoms with van der Waals surface area (Å²) in [7, 11) is 0. The number of carbonyl (C=O) groups is 1. The number of carboxylic acid groups (broad SMARTS) is 1. The normalized spacial score (nSPS) is 24.1. The largest absolute Gasteiger partial charge is 0.481 e. The molecule has 0 aliphatic heterocycles. The fourth-order valence-electron chi connectivity index (χ4n) is 2.91. The van der Waals surface area contributed by atoms with Gasteiger partial charge in [-0.05, 0) is 23.1 Å². The molecule has 1 fully saturated rings. The molecule has 0 bridgehead atoms. The fourth-order valence-corrected chi connectivity index (χ4v) is 4.25. The molecular formula is C16H16O2S. The van der Waals surface area contributed by atoms with Crippen LogP contribution in [0.5, 0.6) is 0 Å². The number of thiophene rings is 1. The van der Waals surface area contributed by atoms with Crippen LogP contribution in [-0.4, -0.2) is 11.1 Å². The van der Waals surface area contributed by atoms with Gasteiger partial charge in [-0.2, -0.15) is 0 Å². The third-order valence-corrected chi connectivity index (χ3v) is 5.30. The molecule has 0 saturated heterocycles. The molecule has 1 aliphatic carbocycles. The van der Waals surface area contributed by atoms with Crippen LogP contribution in [0.15, 0.2) is 42.5 Å². The van der Waals surface area contributed by atoms with E-state index in [2.05, 4.69) is 24.3 Å². The van der Waals surface area contributed by atoms with E-state index < -0.39 is 5.97 Å². The van der Waals surface area contributed by atoms with Crippen molar-refractivity contribution in [3.8, 4) is 10.4 Å². The molecule has 2 aromatic rings. The summed E-state index contributed by atoms with van der Waals surface area (Å²) in [4.78, 5) is 13.6. The van der Waals surface area contributed by atoms with Gasteiger partial charge in [0, 0.05) is 15.7 Å². The first-order valence-corrected chi connectivity index (χ1v) is 7.21. The Morgan fingerprint density at radius 2 is 1.84 bits per heavy atom. The van der Waals surface area contributed by atoms with Crippen molar-refractivity contribution in [3.05, 3.63) is 47.3 Å². The minimum absolute atomic E-state index is 0.120. The molecule has 3 heteroatoms. The summed E-state index contributed by atoms with van der Waals surface area (Å²) in [6.07, 6.45) is 0. The average molecular weight is 272 g/mol. The second-order valence-electron chi connectivity index (χ2n) is 5.68. The van der Waals surface area contributed by atoms with Gasteiger partial charge in [-0.1, -0.05) is 44.2 Å². The molecule has 19 heavy (non-hydrogen) atoms. The number of hydrogen-bond acceptors (Lipinski definition) is 2. The van der Waals surface area contributed by atoms with Crippen molar-refractivity contribution in [2.75, 3.05) is 0 Å². The summed E-state index contributed by atoms with van der Waals surface area (Å²) in [5, 5.41) is 9.25. The molecule has 2 nitrogen and oxygen atoms in total. The summed E-state index contributed by atoms with van der Waals surface area (Å²) >= 11 is 1.72. The van der Waals surface area contributed by atoms with E-state index >= 15 is 0 Å². The topological polar surface area (TPSA) is 37.3 Å². The summed E-state index contributed by atoms with van der Waals surface area (Å²) in [5.74, 6) is -0.758. The second kappa shape index (κ2) is 4.20. The Morgan fingerprint density at radius 3 is 2.42 bits per heavy atom. The molecule has 1 aromatic carbocycles. The maximum atomic E-state index is 11.2. The molecule has 0 spiro atoms. The van der Waals surface area contributed by atoms with Gasteiger partial charge in [-0.25, -0.2) is 0 Å². The molecule has 0 amide bonds. The number of benzene rings is 1. The van der Waals surface area contributed by atoms with Crippen LogP contribution in [0.3, 0.4) is 0 Å². The van der Waals surface area contributed by atoms with Gasteiger partial charge in [0.05, 0.1) is 5.92 Å². The summed E-state index contributed by atoms with van der Waals surface area (Å²) in [6, 6.07) is 14.4. The monoisotopic (exact) mass is 272 g/mol. The van der Waals surface area contributed by atoms with E-state index in [4.69, 9.17) is 0 Å². The minimum atomic E-state index is -0.676. The molecule has 98 valence electrons. The van der Waals surface area contributed by atoms with E-state index in [9.17, 15) is 9.90 Å². The highest BCUT2D eigenvalue weighted by Crippen LogP contribution is 2.65. The molecule has 1 aliphatic rings. The molecule has 2 atom stereocenters. The molecular weight excluding hydrogens is 256 g/mol. The van der Waals surface area contributed by atoms with Crippen molar-refractivity contribution < 1.29 is 9.90 Å². The first-order valence-electron chi connectivity index (χ1n) is 6.40. The van der Waals surface area contributed by atoms with E-state index in [0.717, 1.165) is 0 Å². The number of carboxylic acids is 1. The Bertz CT molecular complexity index is 613. The predicted octanol–water partition coefficient (Wildman–Crippen LogP) is 4.24. The maximum Gasteiger partial charge on any atom is 0.307 e. The Hall–Kier alpha value is -1.61. The highest BCUT2D eigenvalue weighted by atomic mass is 32.1. The van der Waals surface area contributed by atoms with Crippen molar-refractivity contribution in [2.45, 2.75) is 19.8 Å². The first kappa shape index (κ1) is 12.4. The Kier molecular flexibility index (Phi) is 2.75. The van der Waals surface area contributed by atoms with Gasteiger partial charge in [0.15, 0.2) is 0 Å². The van der Waals surface area contributed by atoms with Crippen LogP contribution in [0.2, 0.25) is 0 Å². The second-order valence-corrected chi connectivity index (χ2v) is 6.80. The third-order valence-electron chi connectivity index (χ3n) is 4.09. The zero-order valence-corrected chi connectivity index (χ0v) is 11.8. The molecule has 3 rings (SSSR count). The van der Waals surface area contributed by atoms with Gasteiger partial charge in [0.25, 0.3) is 0 Å². The van der Waals surface area contributed by atoms with Gasteiger partial charge in [0.1, 0.15) is 0 Å². The minimum Gasteiger partial charge on any atom is -0.481 e. The van der Waals surface area contributed by atoms with E-state index in [1.165, 1.54) is 15.3 Å². The van der Waals surface area contributed by atoms with Crippen LogP contribution in [0, 0.1) is 11.3 Å². The van der Waals surface area contributed by atoms with Crippen LogP contribution in [0.1, 0.15) is 24.6 Å². The van der Waals surface area contributed by atoms with Gasteiger partial charge >= 0.3 is 5.97 Å². The van der Waals surface area contributed by atoms with Gasteiger partial charge in [-0.15, -0.1) is 11.3 Å². The van der Waals surface area contributed by atoms with Gasteiger partial charge < -0.3 is 5.11 Å². The van der Waals surface area contributed by atoms with Crippen molar-refractivity contribution in [1.82, 2.24) is 0 Å². The number of hydrogen-bond donors (Lipinski definition) is 1. The SMILES string of the molecule is CC1(C)C(C(=O)O)C1c1ccc(-c2ccccc2)s1. The average Bonchev–Trinajstić information content (AvgIpc) is 2.76.